The molecule has 0 spiro atoms. The van der Waals surface area contributed by atoms with Crippen LogP contribution in [0.15, 0.2) is 0 Å². The van der Waals surface area contributed by atoms with Gasteiger partial charge in [0.1, 0.15) is 0 Å². The van der Waals surface area contributed by atoms with Crippen molar-refractivity contribution in [3.8, 4) is 0 Å². The van der Waals surface area contributed by atoms with Gasteiger partial charge >= 0.3 is 0 Å². The van der Waals surface area contributed by atoms with Gasteiger partial charge in [-0.1, -0.05) is 46.0 Å². The van der Waals surface area contributed by atoms with Gasteiger partial charge in [0.15, 0.2) is 0 Å². The van der Waals surface area contributed by atoms with Crippen molar-refractivity contribution in [2.24, 2.45) is 23.5 Å². The van der Waals surface area contributed by atoms with E-state index in [0.29, 0.717) is 6.04 Å². The summed E-state index contributed by atoms with van der Waals surface area (Å²) in [6, 6.07) is 0.372. The Morgan fingerprint density at radius 3 is 2.07 bits per heavy atom. The molecule has 1 rings (SSSR count). The minimum Gasteiger partial charge on any atom is -0.328 e. The molecule has 84 valence electrons. The van der Waals surface area contributed by atoms with Gasteiger partial charge in [0.2, 0.25) is 0 Å². The average molecular weight is 197 g/mol. The molecule has 0 heterocycles. The first-order chi connectivity index (χ1) is 6.61. The zero-order valence-corrected chi connectivity index (χ0v) is 10.1. The molecule has 0 amide bonds. The molecule has 0 aromatic heterocycles. The van der Waals surface area contributed by atoms with Gasteiger partial charge in [-0.25, -0.2) is 0 Å². The van der Waals surface area contributed by atoms with E-state index in [1.54, 1.807) is 0 Å². The highest BCUT2D eigenvalue weighted by Gasteiger charge is 2.23. The lowest BCUT2D eigenvalue weighted by Crippen LogP contribution is -2.32. The normalized spacial score (nSPS) is 23.8. The number of hydrogen-bond donors (Lipinski definition) is 1. The van der Waals surface area contributed by atoms with Gasteiger partial charge in [-0.05, 0) is 31.1 Å². The van der Waals surface area contributed by atoms with Gasteiger partial charge in [-0.3, -0.25) is 0 Å². The lowest BCUT2D eigenvalue weighted by Gasteiger charge is -2.31. The molecular weight excluding hydrogens is 170 g/mol. The molecule has 0 saturated heterocycles. The predicted octanol–water partition coefficient (Wildman–Crippen LogP) is 3.58. The van der Waals surface area contributed by atoms with E-state index >= 15 is 0 Å². The summed E-state index contributed by atoms with van der Waals surface area (Å²) in [7, 11) is 0. The van der Waals surface area contributed by atoms with Crippen LogP contribution >= 0.6 is 0 Å². The summed E-state index contributed by atoms with van der Waals surface area (Å²) >= 11 is 0. The fourth-order valence-corrected chi connectivity index (χ4v) is 2.90. The summed E-state index contributed by atoms with van der Waals surface area (Å²) in [5.41, 5.74) is 6.05. The Labute approximate surface area is 89.5 Å². The molecule has 0 radical (unpaired) electrons. The van der Waals surface area contributed by atoms with E-state index in [4.69, 9.17) is 5.73 Å². The largest absolute Gasteiger partial charge is 0.328 e. The number of rotatable bonds is 4. The lowest BCUT2D eigenvalue weighted by molar-refractivity contribution is 0.224. The summed E-state index contributed by atoms with van der Waals surface area (Å²) in [5, 5.41) is 0. The van der Waals surface area contributed by atoms with Crippen LogP contribution in [0.4, 0.5) is 0 Å². The van der Waals surface area contributed by atoms with Crippen molar-refractivity contribution < 1.29 is 0 Å². The van der Waals surface area contributed by atoms with E-state index in [9.17, 15) is 0 Å². The summed E-state index contributed by atoms with van der Waals surface area (Å²) in [6.07, 6.45) is 8.64. The monoisotopic (exact) mass is 197 g/mol. The fraction of sp³-hybridized carbons (Fsp3) is 1.00. The molecule has 0 aromatic carbocycles. The van der Waals surface area contributed by atoms with Crippen molar-refractivity contribution in [2.75, 3.05) is 0 Å². The minimum absolute atomic E-state index is 0.372. The molecule has 2 atom stereocenters. The van der Waals surface area contributed by atoms with Crippen LogP contribution in [0.25, 0.3) is 0 Å². The highest BCUT2D eigenvalue weighted by atomic mass is 14.6. The van der Waals surface area contributed by atoms with Crippen LogP contribution in [-0.4, -0.2) is 6.04 Å². The average Bonchev–Trinajstić information content (AvgIpc) is 2.15. The van der Waals surface area contributed by atoms with Crippen LogP contribution in [-0.2, 0) is 0 Å². The molecule has 1 nitrogen and oxygen atoms in total. The van der Waals surface area contributed by atoms with Crippen molar-refractivity contribution in [1.29, 1.82) is 0 Å². The van der Waals surface area contributed by atoms with Gasteiger partial charge in [0.25, 0.3) is 0 Å². The van der Waals surface area contributed by atoms with E-state index < -0.39 is 0 Å². The number of hydrogen-bond acceptors (Lipinski definition) is 1. The summed E-state index contributed by atoms with van der Waals surface area (Å²) in [6.45, 7) is 6.81. The Balaban J connectivity index is 2.37. The molecule has 1 aliphatic rings. The van der Waals surface area contributed by atoms with Crippen molar-refractivity contribution >= 4 is 0 Å². The standard InChI is InChI=1S/C13H27N/c1-10(2)13(11(3)14)9-12-7-5-4-6-8-12/h10-13H,4-9,14H2,1-3H3. The molecule has 0 bridgehead atoms. The third-order valence-corrected chi connectivity index (χ3v) is 3.86. The van der Waals surface area contributed by atoms with Crippen LogP contribution in [0.2, 0.25) is 0 Å². The van der Waals surface area contributed by atoms with E-state index in [1.807, 2.05) is 0 Å². The summed E-state index contributed by atoms with van der Waals surface area (Å²) in [5.74, 6) is 2.46. The minimum atomic E-state index is 0.372. The number of nitrogens with two attached hydrogens (primary N) is 1. The van der Waals surface area contributed by atoms with Crippen molar-refractivity contribution in [2.45, 2.75) is 65.3 Å². The van der Waals surface area contributed by atoms with Crippen LogP contribution in [0, 0.1) is 17.8 Å². The molecule has 1 heteroatoms. The van der Waals surface area contributed by atoms with Gasteiger partial charge < -0.3 is 5.73 Å². The quantitative estimate of drug-likeness (QED) is 0.732. The second-order valence-corrected chi connectivity index (χ2v) is 5.51. The third kappa shape index (κ3) is 3.61. The second kappa shape index (κ2) is 5.75. The Morgan fingerprint density at radius 1 is 1.07 bits per heavy atom. The Hall–Kier alpha value is -0.0400. The van der Waals surface area contributed by atoms with Crippen LogP contribution in [0.1, 0.15) is 59.3 Å². The molecule has 2 unspecified atom stereocenters. The van der Waals surface area contributed by atoms with E-state index in [1.165, 1.54) is 38.5 Å². The first-order valence-electron chi connectivity index (χ1n) is 6.37. The Bertz CT molecular complexity index is 137. The lowest BCUT2D eigenvalue weighted by atomic mass is 9.77. The topological polar surface area (TPSA) is 26.0 Å². The van der Waals surface area contributed by atoms with Gasteiger partial charge in [-0.15, -0.1) is 0 Å². The van der Waals surface area contributed by atoms with Gasteiger partial charge in [0.05, 0.1) is 0 Å². The summed E-state index contributed by atoms with van der Waals surface area (Å²) in [4.78, 5) is 0. The second-order valence-electron chi connectivity index (χ2n) is 5.51. The molecular formula is C13H27N. The molecule has 1 saturated carbocycles. The highest BCUT2D eigenvalue weighted by molar-refractivity contribution is 4.77. The maximum Gasteiger partial charge on any atom is 0.00413 e. The SMILES string of the molecule is CC(C)C(CC1CCCCC1)C(C)N. The van der Waals surface area contributed by atoms with E-state index in [-0.39, 0.29) is 0 Å². The maximum absolute atomic E-state index is 6.05. The van der Waals surface area contributed by atoms with Crippen LogP contribution in [0.3, 0.4) is 0 Å². The van der Waals surface area contributed by atoms with E-state index in [2.05, 4.69) is 20.8 Å². The van der Waals surface area contributed by atoms with Crippen molar-refractivity contribution in [3.63, 3.8) is 0 Å². The first kappa shape index (κ1) is 12.0. The van der Waals surface area contributed by atoms with Crippen molar-refractivity contribution in [3.05, 3.63) is 0 Å². The molecule has 14 heavy (non-hydrogen) atoms. The zero-order valence-electron chi connectivity index (χ0n) is 10.1. The third-order valence-electron chi connectivity index (χ3n) is 3.86. The molecule has 1 aliphatic carbocycles. The van der Waals surface area contributed by atoms with Crippen LogP contribution in [0.5, 0.6) is 0 Å². The Morgan fingerprint density at radius 2 is 1.64 bits per heavy atom. The maximum atomic E-state index is 6.05. The smallest absolute Gasteiger partial charge is 0.00413 e. The summed E-state index contributed by atoms with van der Waals surface area (Å²) < 4.78 is 0. The Kier molecular flexibility index (Phi) is 4.94. The van der Waals surface area contributed by atoms with Crippen molar-refractivity contribution in [1.82, 2.24) is 0 Å². The molecule has 0 aromatic rings. The van der Waals surface area contributed by atoms with Gasteiger partial charge in [-0.2, -0.15) is 0 Å². The van der Waals surface area contributed by atoms with Crippen LogP contribution < -0.4 is 5.73 Å². The zero-order chi connectivity index (χ0) is 10.6. The molecule has 2 N–H and O–H groups in total. The fourth-order valence-electron chi connectivity index (χ4n) is 2.90. The molecule has 1 fully saturated rings. The van der Waals surface area contributed by atoms with E-state index in [0.717, 1.165) is 17.8 Å². The van der Waals surface area contributed by atoms with Gasteiger partial charge in [0, 0.05) is 6.04 Å². The highest BCUT2D eigenvalue weighted by Crippen LogP contribution is 2.32. The molecule has 0 aliphatic heterocycles. The first-order valence-corrected chi connectivity index (χ1v) is 6.37. The predicted molar refractivity (Wildman–Crippen MR) is 63.2 cm³/mol.